The standard InChI is InChI=1S/C18H21BrN2O2/c1-18(2,3)23-17(22)21-7-6-13(11-21)16-10-20-9-12-4-5-14(19)8-15(12)16/h4-5,8-10,13H,6-7,11H2,1-3H3. The number of ether oxygens (including phenoxy) is 1. The molecule has 5 heteroatoms. The number of halogens is 1. The fraction of sp³-hybridized carbons (Fsp3) is 0.444. The molecule has 1 saturated heterocycles. The van der Waals surface area contributed by atoms with E-state index in [-0.39, 0.29) is 6.09 Å². The van der Waals surface area contributed by atoms with Crippen LogP contribution in [0, 0.1) is 0 Å². The zero-order valence-electron chi connectivity index (χ0n) is 13.7. The first kappa shape index (κ1) is 16.2. The monoisotopic (exact) mass is 376 g/mol. The Labute approximate surface area is 145 Å². The van der Waals surface area contributed by atoms with E-state index in [0.29, 0.717) is 12.5 Å². The van der Waals surface area contributed by atoms with Crippen LogP contribution in [0.4, 0.5) is 4.79 Å². The van der Waals surface area contributed by atoms with Gasteiger partial charge in [-0.2, -0.15) is 0 Å². The van der Waals surface area contributed by atoms with Gasteiger partial charge >= 0.3 is 6.09 Å². The molecule has 1 aliphatic rings. The van der Waals surface area contributed by atoms with Gasteiger partial charge in [0.15, 0.2) is 0 Å². The number of likely N-dealkylation sites (tertiary alicyclic amines) is 1. The van der Waals surface area contributed by atoms with Gasteiger partial charge in [-0.25, -0.2) is 4.79 Å². The van der Waals surface area contributed by atoms with Crippen molar-refractivity contribution in [2.45, 2.75) is 38.7 Å². The maximum absolute atomic E-state index is 12.2. The Morgan fingerprint density at radius 3 is 2.87 bits per heavy atom. The Morgan fingerprint density at radius 2 is 2.13 bits per heavy atom. The van der Waals surface area contributed by atoms with Crippen molar-refractivity contribution in [1.29, 1.82) is 0 Å². The van der Waals surface area contributed by atoms with Crippen molar-refractivity contribution >= 4 is 32.8 Å². The number of nitrogens with zero attached hydrogens (tertiary/aromatic N) is 2. The lowest BCUT2D eigenvalue weighted by molar-refractivity contribution is 0.0292. The van der Waals surface area contributed by atoms with Crippen molar-refractivity contribution in [3.8, 4) is 0 Å². The fourth-order valence-electron chi connectivity index (χ4n) is 2.99. The third kappa shape index (κ3) is 3.66. The summed E-state index contributed by atoms with van der Waals surface area (Å²) in [5, 5.41) is 2.33. The highest BCUT2D eigenvalue weighted by Gasteiger charge is 2.31. The van der Waals surface area contributed by atoms with Crippen LogP contribution in [-0.4, -0.2) is 34.7 Å². The largest absolute Gasteiger partial charge is 0.444 e. The zero-order chi connectivity index (χ0) is 16.6. The van der Waals surface area contributed by atoms with Crippen molar-refractivity contribution in [1.82, 2.24) is 9.88 Å². The van der Waals surface area contributed by atoms with E-state index >= 15 is 0 Å². The maximum atomic E-state index is 12.2. The highest BCUT2D eigenvalue weighted by molar-refractivity contribution is 9.10. The predicted octanol–water partition coefficient (Wildman–Crippen LogP) is 4.72. The second-order valence-corrected chi connectivity index (χ2v) is 7.92. The normalized spacial score (nSPS) is 18.4. The van der Waals surface area contributed by atoms with Crippen molar-refractivity contribution in [2.75, 3.05) is 13.1 Å². The summed E-state index contributed by atoms with van der Waals surface area (Å²) in [7, 11) is 0. The van der Waals surface area contributed by atoms with Gasteiger partial charge in [-0.05, 0) is 50.3 Å². The van der Waals surface area contributed by atoms with E-state index in [1.165, 1.54) is 10.9 Å². The number of hydrogen-bond donors (Lipinski definition) is 0. The number of amides is 1. The molecule has 1 atom stereocenters. The SMILES string of the molecule is CC(C)(C)OC(=O)N1CCC(c2cncc3ccc(Br)cc23)C1. The fourth-order valence-corrected chi connectivity index (χ4v) is 3.35. The molecular formula is C18H21BrN2O2. The number of rotatable bonds is 1. The third-order valence-corrected chi connectivity index (χ3v) is 4.53. The van der Waals surface area contributed by atoms with Crippen molar-refractivity contribution in [3.63, 3.8) is 0 Å². The molecule has 2 aromatic rings. The lowest BCUT2D eigenvalue weighted by Gasteiger charge is -2.24. The predicted molar refractivity (Wildman–Crippen MR) is 94.6 cm³/mol. The summed E-state index contributed by atoms with van der Waals surface area (Å²) in [6.07, 6.45) is 4.52. The van der Waals surface area contributed by atoms with E-state index in [4.69, 9.17) is 4.74 Å². The molecular weight excluding hydrogens is 356 g/mol. The molecule has 1 unspecified atom stereocenters. The molecule has 3 rings (SSSR count). The van der Waals surface area contributed by atoms with Crippen molar-refractivity contribution in [2.24, 2.45) is 0 Å². The molecule has 4 nitrogen and oxygen atoms in total. The maximum Gasteiger partial charge on any atom is 0.410 e. The van der Waals surface area contributed by atoms with Crippen LogP contribution in [0.15, 0.2) is 35.1 Å². The summed E-state index contributed by atoms with van der Waals surface area (Å²) in [5.41, 5.74) is 0.746. The molecule has 1 amide bonds. The Kier molecular flexibility index (Phi) is 4.32. The van der Waals surface area contributed by atoms with Crippen LogP contribution in [0.3, 0.4) is 0 Å². The first-order chi connectivity index (χ1) is 10.8. The number of hydrogen-bond acceptors (Lipinski definition) is 3. The first-order valence-electron chi connectivity index (χ1n) is 7.84. The summed E-state index contributed by atoms with van der Waals surface area (Å²) in [5.74, 6) is 0.299. The number of pyridine rings is 1. The zero-order valence-corrected chi connectivity index (χ0v) is 15.3. The highest BCUT2D eigenvalue weighted by Crippen LogP contribution is 2.33. The number of benzene rings is 1. The summed E-state index contributed by atoms with van der Waals surface area (Å²) in [6.45, 7) is 7.09. The van der Waals surface area contributed by atoms with Crippen LogP contribution >= 0.6 is 15.9 Å². The van der Waals surface area contributed by atoms with E-state index in [0.717, 1.165) is 22.8 Å². The van der Waals surface area contributed by atoms with Gasteiger partial charge in [0.2, 0.25) is 0 Å². The van der Waals surface area contributed by atoms with Gasteiger partial charge in [0, 0.05) is 41.3 Å². The van der Waals surface area contributed by atoms with Crippen LogP contribution in [0.2, 0.25) is 0 Å². The molecule has 1 aromatic heterocycles. The average Bonchev–Trinajstić information content (AvgIpc) is 2.94. The van der Waals surface area contributed by atoms with Gasteiger partial charge in [0.05, 0.1) is 0 Å². The minimum absolute atomic E-state index is 0.227. The number of carbonyl (C=O) groups is 1. The van der Waals surface area contributed by atoms with Crippen molar-refractivity contribution in [3.05, 3.63) is 40.6 Å². The minimum atomic E-state index is -0.457. The van der Waals surface area contributed by atoms with Gasteiger partial charge in [0.1, 0.15) is 5.60 Å². The molecule has 0 N–H and O–H groups in total. The van der Waals surface area contributed by atoms with E-state index in [9.17, 15) is 4.79 Å². The van der Waals surface area contributed by atoms with E-state index < -0.39 is 5.60 Å². The van der Waals surface area contributed by atoms with E-state index in [2.05, 4.69) is 33.0 Å². The van der Waals surface area contributed by atoms with Crippen LogP contribution in [-0.2, 0) is 4.74 Å². The molecule has 0 spiro atoms. The third-order valence-electron chi connectivity index (χ3n) is 4.03. The van der Waals surface area contributed by atoms with Gasteiger partial charge in [0.25, 0.3) is 0 Å². The second-order valence-electron chi connectivity index (χ2n) is 7.01. The van der Waals surface area contributed by atoms with Gasteiger partial charge < -0.3 is 9.64 Å². The van der Waals surface area contributed by atoms with Crippen LogP contribution in [0.5, 0.6) is 0 Å². The topological polar surface area (TPSA) is 42.4 Å². The lowest BCUT2D eigenvalue weighted by atomic mass is 9.95. The van der Waals surface area contributed by atoms with Crippen LogP contribution < -0.4 is 0 Å². The number of carbonyl (C=O) groups excluding carboxylic acids is 1. The van der Waals surface area contributed by atoms with Gasteiger partial charge in [-0.1, -0.05) is 22.0 Å². The van der Waals surface area contributed by atoms with Gasteiger partial charge in [-0.15, -0.1) is 0 Å². The Morgan fingerprint density at radius 1 is 1.35 bits per heavy atom. The first-order valence-corrected chi connectivity index (χ1v) is 8.64. The summed E-state index contributed by atoms with van der Waals surface area (Å²) >= 11 is 3.54. The lowest BCUT2D eigenvalue weighted by Crippen LogP contribution is -2.35. The molecule has 0 bridgehead atoms. The Balaban J connectivity index is 1.82. The van der Waals surface area contributed by atoms with E-state index in [1.54, 1.807) is 4.90 Å². The molecule has 2 heterocycles. The minimum Gasteiger partial charge on any atom is -0.444 e. The Hall–Kier alpha value is -1.62. The Bertz CT molecular complexity index is 739. The quantitative estimate of drug-likeness (QED) is 0.722. The molecule has 0 aliphatic carbocycles. The average molecular weight is 377 g/mol. The number of aromatic nitrogens is 1. The molecule has 122 valence electrons. The van der Waals surface area contributed by atoms with Crippen molar-refractivity contribution < 1.29 is 9.53 Å². The number of fused-ring (bicyclic) bond motifs is 1. The van der Waals surface area contributed by atoms with Crippen LogP contribution in [0.25, 0.3) is 10.8 Å². The summed E-state index contributed by atoms with van der Waals surface area (Å²) in [6, 6.07) is 6.22. The molecule has 1 fully saturated rings. The van der Waals surface area contributed by atoms with Crippen LogP contribution in [0.1, 0.15) is 38.7 Å². The summed E-state index contributed by atoms with van der Waals surface area (Å²) in [4.78, 5) is 18.4. The smallest absolute Gasteiger partial charge is 0.410 e. The molecule has 1 aliphatic heterocycles. The second kappa shape index (κ2) is 6.11. The molecule has 1 aromatic carbocycles. The van der Waals surface area contributed by atoms with E-state index in [1.807, 2.05) is 39.2 Å². The van der Waals surface area contributed by atoms with Gasteiger partial charge in [-0.3, -0.25) is 4.98 Å². The molecule has 0 radical (unpaired) electrons. The highest BCUT2D eigenvalue weighted by atomic mass is 79.9. The summed E-state index contributed by atoms with van der Waals surface area (Å²) < 4.78 is 6.53. The molecule has 23 heavy (non-hydrogen) atoms. The molecule has 0 saturated carbocycles.